The van der Waals surface area contributed by atoms with Gasteiger partial charge in [0.05, 0.1) is 6.61 Å². The summed E-state index contributed by atoms with van der Waals surface area (Å²) in [6.07, 6.45) is 7.35. The molecule has 2 aromatic carbocycles. The molecule has 0 spiro atoms. The van der Waals surface area contributed by atoms with Crippen molar-refractivity contribution in [3.63, 3.8) is 0 Å². The number of hydrogen-bond donors (Lipinski definition) is 1. The fraction of sp³-hybridized carbons (Fsp3) is 0.538. The van der Waals surface area contributed by atoms with Gasteiger partial charge in [-0.1, -0.05) is 36.4 Å². The van der Waals surface area contributed by atoms with E-state index in [-0.39, 0.29) is 0 Å². The standard InChI is InChI=1S/C26H33NO2/c1-2-28-25-15-19(8-9-24(25)29-17-18-6-4-3-5-7-18)16-27-26-22-11-20-10-21(13-22)14-23(26)12-20/h3-9,15,20-23,26-27H,2,10-14,16-17H2,1H3. The van der Waals surface area contributed by atoms with Crippen LogP contribution < -0.4 is 14.8 Å². The van der Waals surface area contributed by atoms with Crippen LogP contribution in [0.2, 0.25) is 0 Å². The third-order valence-electron chi connectivity index (χ3n) is 7.31. The monoisotopic (exact) mass is 391 g/mol. The van der Waals surface area contributed by atoms with Gasteiger partial charge in [-0.15, -0.1) is 0 Å². The van der Waals surface area contributed by atoms with Crippen molar-refractivity contribution < 1.29 is 9.47 Å². The van der Waals surface area contributed by atoms with Gasteiger partial charge in [-0.05, 0) is 86.0 Å². The average molecular weight is 392 g/mol. The SMILES string of the molecule is CCOc1cc(CNC2C3CC4CC(C3)CC2C4)ccc1OCc1ccccc1. The molecular formula is C26H33NO2. The van der Waals surface area contributed by atoms with Crippen LogP contribution in [0.15, 0.2) is 48.5 Å². The van der Waals surface area contributed by atoms with Gasteiger partial charge in [0.1, 0.15) is 6.61 Å². The molecular weight excluding hydrogens is 358 g/mol. The lowest BCUT2D eigenvalue weighted by molar-refractivity contribution is -0.0142. The molecule has 0 heterocycles. The van der Waals surface area contributed by atoms with Crippen molar-refractivity contribution in [2.24, 2.45) is 23.7 Å². The predicted octanol–water partition coefficient (Wildman–Crippen LogP) is 5.58. The second kappa shape index (κ2) is 8.39. The van der Waals surface area contributed by atoms with E-state index in [2.05, 4.69) is 35.6 Å². The first-order chi connectivity index (χ1) is 14.3. The van der Waals surface area contributed by atoms with Crippen LogP contribution in [0.3, 0.4) is 0 Å². The lowest BCUT2D eigenvalue weighted by atomic mass is 9.54. The third-order valence-corrected chi connectivity index (χ3v) is 7.31. The summed E-state index contributed by atoms with van der Waals surface area (Å²) in [4.78, 5) is 0. The second-order valence-electron chi connectivity index (χ2n) is 9.33. The molecule has 4 aliphatic rings. The molecule has 4 bridgehead atoms. The van der Waals surface area contributed by atoms with Gasteiger partial charge < -0.3 is 14.8 Å². The molecule has 3 nitrogen and oxygen atoms in total. The summed E-state index contributed by atoms with van der Waals surface area (Å²) in [6, 6.07) is 17.4. The number of hydrogen-bond acceptors (Lipinski definition) is 3. The first-order valence-electron chi connectivity index (χ1n) is 11.4. The van der Waals surface area contributed by atoms with Crippen LogP contribution in [0.5, 0.6) is 11.5 Å². The van der Waals surface area contributed by atoms with E-state index in [0.29, 0.717) is 19.3 Å². The van der Waals surface area contributed by atoms with Crippen molar-refractivity contribution in [2.45, 2.75) is 58.2 Å². The van der Waals surface area contributed by atoms with Crippen LogP contribution in [0.4, 0.5) is 0 Å². The minimum absolute atomic E-state index is 0.562. The van der Waals surface area contributed by atoms with Crippen LogP contribution in [0.25, 0.3) is 0 Å². The van der Waals surface area contributed by atoms with Crippen LogP contribution in [-0.2, 0) is 13.2 Å². The van der Waals surface area contributed by atoms with Crippen LogP contribution >= 0.6 is 0 Å². The third kappa shape index (κ3) is 4.16. The summed E-state index contributed by atoms with van der Waals surface area (Å²) >= 11 is 0. The van der Waals surface area contributed by atoms with E-state index in [0.717, 1.165) is 41.7 Å². The fourth-order valence-electron chi connectivity index (χ4n) is 6.28. The van der Waals surface area contributed by atoms with E-state index in [9.17, 15) is 0 Å². The first-order valence-corrected chi connectivity index (χ1v) is 11.4. The summed E-state index contributed by atoms with van der Waals surface area (Å²) in [7, 11) is 0. The van der Waals surface area contributed by atoms with E-state index in [1.807, 2.05) is 25.1 Å². The molecule has 1 N–H and O–H groups in total. The Morgan fingerprint density at radius 1 is 0.793 bits per heavy atom. The summed E-state index contributed by atoms with van der Waals surface area (Å²) < 4.78 is 12.0. The van der Waals surface area contributed by atoms with Crippen LogP contribution in [-0.4, -0.2) is 12.6 Å². The number of ether oxygens (including phenoxy) is 2. The summed E-state index contributed by atoms with van der Waals surface area (Å²) in [5.41, 5.74) is 2.46. The molecule has 0 aromatic heterocycles. The lowest BCUT2D eigenvalue weighted by Crippen LogP contribution is -2.54. The molecule has 0 aliphatic heterocycles. The van der Waals surface area contributed by atoms with Crippen molar-refractivity contribution in [3.05, 3.63) is 59.7 Å². The number of benzene rings is 2. The maximum absolute atomic E-state index is 6.06. The maximum Gasteiger partial charge on any atom is 0.161 e. The molecule has 154 valence electrons. The molecule has 4 aliphatic carbocycles. The summed E-state index contributed by atoms with van der Waals surface area (Å²) in [5, 5.41) is 3.93. The number of rotatable bonds is 8. The highest BCUT2D eigenvalue weighted by Gasteiger charge is 2.47. The van der Waals surface area contributed by atoms with Gasteiger partial charge in [-0.3, -0.25) is 0 Å². The zero-order valence-electron chi connectivity index (χ0n) is 17.5. The van der Waals surface area contributed by atoms with Gasteiger partial charge in [0.15, 0.2) is 11.5 Å². The quantitative estimate of drug-likeness (QED) is 0.637. The van der Waals surface area contributed by atoms with E-state index < -0.39 is 0 Å². The molecule has 6 rings (SSSR count). The molecule has 0 radical (unpaired) electrons. The van der Waals surface area contributed by atoms with Crippen molar-refractivity contribution in [2.75, 3.05) is 6.61 Å². The van der Waals surface area contributed by atoms with Gasteiger partial charge >= 0.3 is 0 Å². The maximum atomic E-state index is 6.06. The van der Waals surface area contributed by atoms with Crippen molar-refractivity contribution >= 4 is 0 Å². The summed E-state index contributed by atoms with van der Waals surface area (Å²) in [6.45, 7) is 4.16. The predicted molar refractivity (Wildman–Crippen MR) is 116 cm³/mol. The van der Waals surface area contributed by atoms with Gasteiger partial charge in [0.25, 0.3) is 0 Å². The zero-order valence-corrected chi connectivity index (χ0v) is 17.5. The Morgan fingerprint density at radius 2 is 1.52 bits per heavy atom. The van der Waals surface area contributed by atoms with Crippen molar-refractivity contribution in [3.8, 4) is 11.5 Å². The van der Waals surface area contributed by atoms with Gasteiger partial charge in [0.2, 0.25) is 0 Å². The van der Waals surface area contributed by atoms with E-state index >= 15 is 0 Å². The average Bonchev–Trinajstić information content (AvgIpc) is 2.73. The second-order valence-corrected chi connectivity index (χ2v) is 9.33. The molecule has 4 saturated carbocycles. The van der Waals surface area contributed by atoms with Gasteiger partial charge in [-0.2, -0.15) is 0 Å². The van der Waals surface area contributed by atoms with E-state index in [1.165, 1.54) is 43.2 Å². The fourth-order valence-corrected chi connectivity index (χ4v) is 6.28. The Hall–Kier alpha value is -2.00. The molecule has 3 heteroatoms. The smallest absolute Gasteiger partial charge is 0.161 e. The summed E-state index contributed by atoms with van der Waals surface area (Å²) in [5.74, 6) is 5.56. The molecule has 0 saturated heterocycles. The molecule has 0 amide bonds. The van der Waals surface area contributed by atoms with Gasteiger partial charge in [-0.25, -0.2) is 0 Å². The number of nitrogens with one attached hydrogen (secondary N) is 1. The van der Waals surface area contributed by atoms with Gasteiger partial charge in [0, 0.05) is 12.6 Å². The molecule has 2 aromatic rings. The van der Waals surface area contributed by atoms with Crippen molar-refractivity contribution in [1.29, 1.82) is 0 Å². The normalized spacial score (nSPS) is 29.8. The molecule has 0 atom stereocenters. The Labute approximate surface area is 174 Å². The highest BCUT2D eigenvalue weighted by Crippen LogP contribution is 2.53. The molecule has 0 unspecified atom stereocenters. The highest BCUT2D eigenvalue weighted by atomic mass is 16.5. The van der Waals surface area contributed by atoms with Crippen molar-refractivity contribution in [1.82, 2.24) is 5.32 Å². The molecule has 29 heavy (non-hydrogen) atoms. The van der Waals surface area contributed by atoms with Crippen LogP contribution in [0, 0.1) is 23.7 Å². The highest BCUT2D eigenvalue weighted by molar-refractivity contribution is 5.43. The van der Waals surface area contributed by atoms with E-state index in [4.69, 9.17) is 9.47 Å². The first kappa shape index (κ1) is 19.0. The Bertz CT molecular complexity index is 791. The van der Waals surface area contributed by atoms with E-state index in [1.54, 1.807) is 0 Å². The van der Waals surface area contributed by atoms with Crippen LogP contribution in [0.1, 0.15) is 50.2 Å². The topological polar surface area (TPSA) is 30.5 Å². The zero-order chi connectivity index (χ0) is 19.6. The lowest BCUT2D eigenvalue weighted by Gasteiger charge is -2.54. The Morgan fingerprint density at radius 3 is 2.21 bits per heavy atom. The molecule has 4 fully saturated rings. The minimum atomic E-state index is 0.562. The Kier molecular flexibility index (Phi) is 5.50. The minimum Gasteiger partial charge on any atom is -0.490 e. The largest absolute Gasteiger partial charge is 0.490 e. The Balaban J connectivity index is 1.23.